The van der Waals surface area contributed by atoms with Gasteiger partial charge in [0.05, 0.1) is 12.2 Å². The van der Waals surface area contributed by atoms with Gasteiger partial charge in [0, 0.05) is 38.3 Å². The monoisotopic (exact) mass is 471 g/mol. The predicted molar refractivity (Wildman–Crippen MR) is 137 cm³/mol. The van der Waals surface area contributed by atoms with Crippen molar-refractivity contribution in [2.24, 2.45) is 11.8 Å². The van der Waals surface area contributed by atoms with E-state index in [1.807, 2.05) is 43.0 Å². The fourth-order valence-electron chi connectivity index (χ4n) is 5.19. The highest BCUT2D eigenvalue weighted by Crippen LogP contribution is 2.24. The van der Waals surface area contributed by atoms with Gasteiger partial charge in [-0.25, -0.2) is 0 Å². The quantitative estimate of drug-likeness (QED) is 0.679. The Morgan fingerprint density at radius 3 is 2.09 bits per heavy atom. The summed E-state index contributed by atoms with van der Waals surface area (Å²) in [7, 11) is 0. The average Bonchev–Trinajstić information content (AvgIpc) is 2.76. The van der Waals surface area contributed by atoms with E-state index in [1.54, 1.807) is 0 Å². The first-order valence-corrected chi connectivity index (χ1v) is 13.0. The molecule has 34 heavy (non-hydrogen) atoms. The summed E-state index contributed by atoms with van der Waals surface area (Å²) in [5.74, 6) is 0.494. The number of carbonyl (C=O) groups is 2. The number of hydrogen-bond donors (Lipinski definition) is 1. The second-order valence-corrected chi connectivity index (χ2v) is 11.8. The maximum absolute atomic E-state index is 13.4. The third-order valence-corrected chi connectivity index (χ3v) is 7.17. The molecule has 2 amide bonds. The van der Waals surface area contributed by atoms with Gasteiger partial charge in [0.15, 0.2) is 0 Å². The number of morpholine rings is 1. The number of amides is 2. The zero-order valence-electron chi connectivity index (χ0n) is 22.3. The lowest BCUT2D eigenvalue weighted by Crippen LogP contribution is -2.54. The van der Waals surface area contributed by atoms with E-state index in [4.69, 9.17) is 4.74 Å². The highest BCUT2D eigenvalue weighted by atomic mass is 16.5. The number of ether oxygens (including phenoxy) is 1. The maximum Gasteiger partial charge on any atom is 0.251 e. The van der Waals surface area contributed by atoms with E-state index in [0.717, 1.165) is 45.6 Å². The lowest BCUT2D eigenvalue weighted by molar-refractivity contribution is -0.136. The average molecular weight is 472 g/mol. The van der Waals surface area contributed by atoms with E-state index in [-0.39, 0.29) is 35.4 Å². The fourth-order valence-corrected chi connectivity index (χ4v) is 5.19. The molecule has 2 aliphatic rings. The van der Waals surface area contributed by atoms with E-state index in [9.17, 15) is 9.59 Å². The summed E-state index contributed by atoms with van der Waals surface area (Å²) in [4.78, 5) is 30.8. The van der Waals surface area contributed by atoms with Gasteiger partial charge in [-0.15, -0.1) is 0 Å². The molecule has 3 unspecified atom stereocenters. The Morgan fingerprint density at radius 1 is 1.03 bits per heavy atom. The Hall–Kier alpha value is -1.92. The highest BCUT2D eigenvalue weighted by molar-refractivity contribution is 5.97. The zero-order valence-corrected chi connectivity index (χ0v) is 22.3. The molecule has 2 fully saturated rings. The topological polar surface area (TPSA) is 61.9 Å². The molecule has 1 N–H and O–H groups in total. The zero-order chi connectivity index (χ0) is 25.0. The second-order valence-electron chi connectivity index (χ2n) is 11.8. The number of nitrogens with zero attached hydrogens (tertiary/aromatic N) is 2. The summed E-state index contributed by atoms with van der Waals surface area (Å²) >= 11 is 0. The molecule has 1 aromatic carbocycles. The number of rotatable bonds is 6. The van der Waals surface area contributed by atoms with Crippen molar-refractivity contribution in [3.63, 3.8) is 0 Å². The van der Waals surface area contributed by atoms with Gasteiger partial charge in [-0.1, -0.05) is 46.8 Å². The molecule has 3 rings (SSSR count). The number of nitrogens with one attached hydrogen (secondary N) is 1. The van der Waals surface area contributed by atoms with Crippen molar-refractivity contribution in [3.8, 4) is 0 Å². The molecular formula is C28H45N3O3. The first-order chi connectivity index (χ1) is 15.9. The molecule has 3 atom stereocenters. The van der Waals surface area contributed by atoms with Crippen molar-refractivity contribution >= 4 is 11.8 Å². The van der Waals surface area contributed by atoms with Gasteiger partial charge in [-0.3, -0.25) is 14.5 Å². The number of carbonyl (C=O) groups excluding carboxylic acids is 2. The van der Waals surface area contributed by atoms with Crippen molar-refractivity contribution in [2.75, 3.05) is 32.7 Å². The Morgan fingerprint density at radius 2 is 1.59 bits per heavy atom. The van der Waals surface area contributed by atoms with Crippen LogP contribution >= 0.6 is 0 Å². The Labute approximate surface area is 206 Å². The number of likely N-dealkylation sites (tertiary alicyclic amines) is 1. The van der Waals surface area contributed by atoms with Crippen molar-refractivity contribution in [2.45, 2.75) is 85.0 Å². The van der Waals surface area contributed by atoms with E-state index in [0.29, 0.717) is 11.5 Å². The van der Waals surface area contributed by atoms with Gasteiger partial charge in [-0.05, 0) is 61.6 Å². The Balaban J connectivity index is 1.54. The first-order valence-electron chi connectivity index (χ1n) is 13.0. The van der Waals surface area contributed by atoms with Crippen LogP contribution < -0.4 is 5.32 Å². The van der Waals surface area contributed by atoms with Crippen LogP contribution in [-0.4, -0.2) is 72.6 Å². The van der Waals surface area contributed by atoms with E-state index >= 15 is 0 Å². The van der Waals surface area contributed by atoms with Crippen LogP contribution in [0.5, 0.6) is 0 Å². The minimum Gasteiger partial charge on any atom is -0.373 e. The van der Waals surface area contributed by atoms with Gasteiger partial charge in [0.2, 0.25) is 5.91 Å². The summed E-state index contributed by atoms with van der Waals surface area (Å²) < 4.78 is 5.86. The molecule has 0 saturated carbocycles. The van der Waals surface area contributed by atoms with Gasteiger partial charge in [0.25, 0.3) is 5.91 Å². The van der Waals surface area contributed by atoms with Crippen molar-refractivity contribution in [1.29, 1.82) is 0 Å². The molecule has 0 aliphatic carbocycles. The van der Waals surface area contributed by atoms with Crippen LogP contribution in [0.15, 0.2) is 24.3 Å². The molecule has 2 aliphatic heterocycles. The van der Waals surface area contributed by atoms with Gasteiger partial charge >= 0.3 is 0 Å². The number of piperidine rings is 1. The summed E-state index contributed by atoms with van der Waals surface area (Å²) in [6, 6.07) is 7.21. The normalized spacial score (nSPS) is 23.7. The molecule has 0 aromatic heterocycles. The maximum atomic E-state index is 13.4. The molecule has 0 spiro atoms. The van der Waals surface area contributed by atoms with Gasteiger partial charge in [-0.2, -0.15) is 0 Å². The number of benzene rings is 1. The van der Waals surface area contributed by atoms with Crippen LogP contribution in [-0.2, 0) is 14.9 Å². The van der Waals surface area contributed by atoms with Crippen LogP contribution in [0.1, 0.15) is 77.2 Å². The van der Waals surface area contributed by atoms with Crippen LogP contribution in [0, 0.1) is 11.8 Å². The molecular weight excluding hydrogens is 426 g/mol. The molecule has 6 heteroatoms. The summed E-state index contributed by atoms with van der Waals surface area (Å²) in [6.07, 6.45) is 2.59. The van der Waals surface area contributed by atoms with Crippen LogP contribution in [0.25, 0.3) is 0 Å². The molecule has 2 heterocycles. The van der Waals surface area contributed by atoms with Crippen molar-refractivity contribution in [1.82, 2.24) is 15.1 Å². The van der Waals surface area contributed by atoms with Crippen LogP contribution in [0.4, 0.5) is 0 Å². The van der Waals surface area contributed by atoms with Crippen molar-refractivity contribution in [3.05, 3.63) is 35.4 Å². The first kappa shape index (κ1) is 26.7. The molecule has 0 radical (unpaired) electrons. The SMILES string of the molecule is CC1CN(CC2CCN(C(=O)C(NC(=O)c3ccc(C(C)(C)C)cc3)C(C)C)CC2)CC(C)O1. The smallest absolute Gasteiger partial charge is 0.251 e. The molecule has 0 bridgehead atoms. The molecule has 190 valence electrons. The van der Waals surface area contributed by atoms with Gasteiger partial charge in [0.1, 0.15) is 6.04 Å². The van der Waals surface area contributed by atoms with Crippen molar-refractivity contribution < 1.29 is 14.3 Å². The minimum absolute atomic E-state index is 0.0272. The lowest BCUT2D eigenvalue weighted by atomic mass is 9.86. The van der Waals surface area contributed by atoms with Gasteiger partial charge < -0.3 is 15.0 Å². The molecule has 2 saturated heterocycles. The third-order valence-electron chi connectivity index (χ3n) is 7.17. The van der Waals surface area contributed by atoms with E-state index in [1.165, 1.54) is 5.56 Å². The second kappa shape index (κ2) is 11.2. The molecule has 6 nitrogen and oxygen atoms in total. The lowest BCUT2D eigenvalue weighted by Gasteiger charge is -2.40. The predicted octanol–water partition coefficient (Wildman–Crippen LogP) is 4.09. The summed E-state index contributed by atoms with van der Waals surface area (Å²) in [5.41, 5.74) is 1.82. The van der Waals surface area contributed by atoms with E-state index < -0.39 is 6.04 Å². The largest absolute Gasteiger partial charge is 0.373 e. The Kier molecular flexibility index (Phi) is 8.80. The summed E-state index contributed by atoms with van der Waals surface area (Å²) in [5, 5.41) is 3.02. The van der Waals surface area contributed by atoms with Crippen LogP contribution in [0.2, 0.25) is 0 Å². The van der Waals surface area contributed by atoms with Crippen LogP contribution in [0.3, 0.4) is 0 Å². The summed E-state index contributed by atoms with van der Waals surface area (Å²) in [6.45, 7) is 19.3. The minimum atomic E-state index is -0.507. The fraction of sp³-hybridized carbons (Fsp3) is 0.714. The highest BCUT2D eigenvalue weighted by Gasteiger charge is 2.33. The molecule has 1 aromatic rings. The standard InChI is InChI=1S/C28H45N3O3/c1-19(2)25(29-26(32)23-8-10-24(11-9-23)28(5,6)7)27(33)31-14-12-22(13-15-31)18-30-16-20(3)34-21(4)17-30/h8-11,19-22,25H,12-18H2,1-7H3,(H,29,32). The number of hydrogen-bond acceptors (Lipinski definition) is 4. The Bertz CT molecular complexity index is 812. The third kappa shape index (κ3) is 7.05. The van der Waals surface area contributed by atoms with E-state index in [2.05, 4.69) is 44.8 Å².